The van der Waals surface area contributed by atoms with Gasteiger partial charge in [0.25, 0.3) is 0 Å². The van der Waals surface area contributed by atoms with E-state index in [1.54, 1.807) is 12.4 Å². The van der Waals surface area contributed by atoms with Crippen LogP contribution >= 0.6 is 0 Å². The molecule has 1 fully saturated rings. The van der Waals surface area contributed by atoms with Gasteiger partial charge in [-0.15, -0.1) is 0 Å². The van der Waals surface area contributed by atoms with E-state index in [1.807, 2.05) is 36.5 Å². The Hall–Kier alpha value is -2.80. The smallest absolute Gasteiger partial charge is 0.241 e. The highest BCUT2D eigenvalue weighted by atomic mass is 16.5. The summed E-state index contributed by atoms with van der Waals surface area (Å²) in [5.74, 6) is 2.26. The van der Waals surface area contributed by atoms with Gasteiger partial charge in [0.1, 0.15) is 5.82 Å². The highest BCUT2D eigenvalue weighted by Crippen LogP contribution is 2.16. The average Bonchev–Trinajstić information content (AvgIpc) is 3.12. The van der Waals surface area contributed by atoms with Crippen molar-refractivity contribution >= 4 is 5.82 Å². The molecule has 7 nitrogen and oxygen atoms in total. The van der Waals surface area contributed by atoms with Crippen LogP contribution in [0.15, 0.2) is 53.4 Å². The van der Waals surface area contributed by atoms with Gasteiger partial charge in [-0.3, -0.25) is 9.88 Å². The molecule has 1 aliphatic rings. The van der Waals surface area contributed by atoms with E-state index in [1.165, 1.54) is 0 Å². The van der Waals surface area contributed by atoms with Crippen molar-refractivity contribution in [2.75, 3.05) is 31.1 Å². The van der Waals surface area contributed by atoms with E-state index < -0.39 is 0 Å². The lowest BCUT2D eigenvalue weighted by molar-refractivity contribution is 0.215. The Kier molecular flexibility index (Phi) is 4.16. The molecule has 7 heteroatoms. The Morgan fingerprint density at radius 2 is 1.92 bits per heavy atom. The monoisotopic (exact) mass is 322 g/mol. The fraction of sp³-hybridized carbons (Fsp3) is 0.294. The van der Waals surface area contributed by atoms with Crippen LogP contribution in [-0.2, 0) is 6.54 Å². The van der Waals surface area contributed by atoms with Crippen molar-refractivity contribution in [2.24, 2.45) is 0 Å². The van der Waals surface area contributed by atoms with E-state index in [4.69, 9.17) is 4.52 Å². The molecule has 0 atom stereocenters. The van der Waals surface area contributed by atoms with E-state index in [-0.39, 0.29) is 0 Å². The van der Waals surface area contributed by atoms with E-state index in [0.717, 1.165) is 37.6 Å². The molecule has 4 rings (SSSR count). The van der Waals surface area contributed by atoms with Crippen LogP contribution in [0.1, 0.15) is 5.89 Å². The lowest BCUT2D eigenvalue weighted by atomic mass is 10.3. The molecule has 0 aliphatic carbocycles. The molecule has 0 unspecified atom stereocenters. The number of hydrogen-bond donors (Lipinski definition) is 0. The van der Waals surface area contributed by atoms with Gasteiger partial charge in [-0.2, -0.15) is 4.98 Å². The Bertz CT molecular complexity index is 768. The fourth-order valence-corrected chi connectivity index (χ4v) is 2.80. The van der Waals surface area contributed by atoms with E-state index in [0.29, 0.717) is 18.3 Å². The third-order valence-corrected chi connectivity index (χ3v) is 4.09. The fourth-order valence-electron chi connectivity index (χ4n) is 2.80. The number of hydrogen-bond acceptors (Lipinski definition) is 7. The van der Waals surface area contributed by atoms with Gasteiger partial charge < -0.3 is 9.42 Å². The third kappa shape index (κ3) is 3.26. The number of nitrogens with zero attached hydrogens (tertiary/aromatic N) is 6. The Labute approximate surface area is 140 Å². The third-order valence-electron chi connectivity index (χ3n) is 4.09. The Morgan fingerprint density at radius 3 is 2.67 bits per heavy atom. The van der Waals surface area contributed by atoms with Crippen LogP contribution in [0.4, 0.5) is 5.82 Å². The number of anilines is 1. The molecule has 0 aromatic carbocycles. The van der Waals surface area contributed by atoms with Crippen LogP contribution in [0.3, 0.4) is 0 Å². The van der Waals surface area contributed by atoms with Gasteiger partial charge >= 0.3 is 0 Å². The van der Waals surface area contributed by atoms with Gasteiger partial charge in [0, 0.05) is 50.3 Å². The molecule has 3 aromatic heterocycles. The highest BCUT2D eigenvalue weighted by molar-refractivity contribution is 5.51. The van der Waals surface area contributed by atoms with Crippen LogP contribution in [0.25, 0.3) is 11.4 Å². The second kappa shape index (κ2) is 6.76. The summed E-state index contributed by atoms with van der Waals surface area (Å²) in [7, 11) is 0. The van der Waals surface area contributed by atoms with Gasteiger partial charge in [-0.1, -0.05) is 11.2 Å². The zero-order chi connectivity index (χ0) is 16.2. The predicted octanol–water partition coefficient (Wildman–Crippen LogP) is 1.85. The maximum Gasteiger partial charge on any atom is 0.241 e. The lowest BCUT2D eigenvalue weighted by Crippen LogP contribution is -2.46. The normalized spacial score (nSPS) is 15.6. The van der Waals surface area contributed by atoms with E-state index >= 15 is 0 Å². The quantitative estimate of drug-likeness (QED) is 0.726. The van der Waals surface area contributed by atoms with Crippen molar-refractivity contribution < 1.29 is 4.52 Å². The van der Waals surface area contributed by atoms with Gasteiger partial charge in [0.2, 0.25) is 11.7 Å². The summed E-state index contributed by atoms with van der Waals surface area (Å²) in [6.45, 7) is 4.45. The number of pyridine rings is 2. The van der Waals surface area contributed by atoms with Crippen LogP contribution in [-0.4, -0.2) is 51.2 Å². The summed E-state index contributed by atoms with van der Waals surface area (Å²) in [5, 5.41) is 4.04. The molecule has 1 aliphatic heterocycles. The summed E-state index contributed by atoms with van der Waals surface area (Å²) < 4.78 is 5.38. The van der Waals surface area contributed by atoms with Crippen molar-refractivity contribution in [2.45, 2.75) is 6.54 Å². The van der Waals surface area contributed by atoms with Crippen molar-refractivity contribution in [1.29, 1.82) is 0 Å². The van der Waals surface area contributed by atoms with Crippen LogP contribution in [0, 0.1) is 0 Å². The summed E-state index contributed by atoms with van der Waals surface area (Å²) >= 11 is 0. The SMILES string of the molecule is c1ccc(N2CCN(Cc3nc(-c4cccnc4)no3)CC2)nc1. The summed E-state index contributed by atoms with van der Waals surface area (Å²) in [4.78, 5) is 17.6. The maximum absolute atomic E-state index is 5.38. The topological polar surface area (TPSA) is 71.2 Å². The zero-order valence-corrected chi connectivity index (χ0v) is 13.2. The van der Waals surface area contributed by atoms with E-state index in [2.05, 4.69) is 29.9 Å². The second-order valence-electron chi connectivity index (χ2n) is 5.70. The standard InChI is InChI=1S/C17H18N6O/c1-2-7-19-15(5-1)23-10-8-22(9-11-23)13-16-20-17(21-24-16)14-4-3-6-18-12-14/h1-7,12H,8-11,13H2. The first-order valence-electron chi connectivity index (χ1n) is 8.00. The lowest BCUT2D eigenvalue weighted by Gasteiger charge is -2.34. The van der Waals surface area contributed by atoms with Crippen LogP contribution in [0.2, 0.25) is 0 Å². The van der Waals surface area contributed by atoms with Gasteiger partial charge in [0.05, 0.1) is 6.54 Å². The Morgan fingerprint density at radius 1 is 1.00 bits per heavy atom. The molecule has 122 valence electrons. The van der Waals surface area contributed by atoms with Crippen molar-refractivity contribution in [3.63, 3.8) is 0 Å². The summed E-state index contributed by atoms with van der Waals surface area (Å²) in [6.07, 6.45) is 5.30. The van der Waals surface area contributed by atoms with Gasteiger partial charge in [0.15, 0.2) is 0 Å². The molecule has 1 saturated heterocycles. The predicted molar refractivity (Wildman–Crippen MR) is 89.3 cm³/mol. The van der Waals surface area contributed by atoms with Gasteiger partial charge in [-0.05, 0) is 24.3 Å². The molecule has 24 heavy (non-hydrogen) atoms. The molecule has 4 heterocycles. The first kappa shape index (κ1) is 14.8. The van der Waals surface area contributed by atoms with E-state index in [9.17, 15) is 0 Å². The molecular weight excluding hydrogens is 304 g/mol. The number of rotatable bonds is 4. The molecular formula is C17H18N6O. The molecule has 0 radical (unpaired) electrons. The number of aromatic nitrogens is 4. The first-order valence-corrected chi connectivity index (χ1v) is 8.00. The van der Waals surface area contributed by atoms with Crippen molar-refractivity contribution in [3.05, 3.63) is 54.8 Å². The first-order chi connectivity index (χ1) is 11.9. The highest BCUT2D eigenvalue weighted by Gasteiger charge is 2.20. The van der Waals surface area contributed by atoms with Crippen LogP contribution in [0.5, 0.6) is 0 Å². The minimum Gasteiger partial charge on any atom is -0.354 e. The second-order valence-corrected chi connectivity index (χ2v) is 5.70. The minimum absolute atomic E-state index is 0.588. The molecule has 0 N–H and O–H groups in total. The molecule has 3 aromatic rings. The number of piperazine rings is 1. The molecule has 0 amide bonds. The largest absolute Gasteiger partial charge is 0.354 e. The Balaban J connectivity index is 1.35. The minimum atomic E-state index is 0.588. The zero-order valence-electron chi connectivity index (χ0n) is 13.2. The van der Waals surface area contributed by atoms with Crippen molar-refractivity contribution in [1.82, 2.24) is 25.0 Å². The van der Waals surface area contributed by atoms with Gasteiger partial charge in [-0.25, -0.2) is 4.98 Å². The molecule has 0 spiro atoms. The maximum atomic E-state index is 5.38. The summed E-state index contributed by atoms with van der Waals surface area (Å²) in [5.41, 5.74) is 0.868. The average molecular weight is 322 g/mol. The molecule has 0 bridgehead atoms. The summed E-state index contributed by atoms with van der Waals surface area (Å²) in [6, 6.07) is 9.80. The molecule has 0 saturated carbocycles. The van der Waals surface area contributed by atoms with Crippen LogP contribution < -0.4 is 4.90 Å². The van der Waals surface area contributed by atoms with Crippen molar-refractivity contribution in [3.8, 4) is 11.4 Å².